The maximum atomic E-state index is 10.7. The molecule has 1 aliphatic rings. The van der Waals surface area contributed by atoms with Crippen molar-refractivity contribution in [3.8, 4) is 0 Å². The summed E-state index contributed by atoms with van der Waals surface area (Å²) in [5.74, 6) is 0.712. The highest BCUT2D eigenvalue weighted by atomic mass is 32.1. The zero-order valence-electron chi connectivity index (χ0n) is 11.3. The summed E-state index contributed by atoms with van der Waals surface area (Å²) >= 11 is 1.29. The van der Waals surface area contributed by atoms with Crippen molar-refractivity contribution < 1.29 is 4.92 Å². The van der Waals surface area contributed by atoms with Gasteiger partial charge >= 0.3 is 5.00 Å². The fourth-order valence-corrected chi connectivity index (χ4v) is 3.38. The van der Waals surface area contributed by atoms with E-state index >= 15 is 0 Å². The fraction of sp³-hybridized carbons (Fsp3) is 0.692. The quantitative estimate of drug-likeness (QED) is 0.643. The second kappa shape index (κ2) is 6.98. The topological polar surface area (TPSA) is 58.4 Å². The molecule has 0 spiro atoms. The van der Waals surface area contributed by atoms with Crippen LogP contribution in [-0.4, -0.2) is 36.0 Å². The third-order valence-corrected chi connectivity index (χ3v) is 4.59. The van der Waals surface area contributed by atoms with Crippen molar-refractivity contribution in [3.63, 3.8) is 0 Å². The van der Waals surface area contributed by atoms with Crippen LogP contribution in [0.15, 0.2) is 12.1 Å². The second-order valence-electron chi connectivity index (χ2n) is 5.04. The Morgan fingerprint density at radius 3 is 3.00 bits per heavy atom. The zero-order valence-corrected chi connectivity index (χ0v) is 12.1. The molecule has 1 fully saturated rings. The molecule has 0 bridgehead atoms. The number of rotatable bonds is 6. The van der Waals surface area contributed by atoms with Crippen LogP contribution >= 0.6 is 11.3 Å². The summed E-state index contributed by atoms with van der Waals surface area (Å²) in [6.07, 6.45) is 2.54. The van der Waals surface area contributed by atoms with Crippen LogP contribution in [0.25, 0.3) is 0 Å². The molecule has 1 aromatic rings. The lowest BCUT2D eigenvalue weighted by atomic mass is 9.99. The van der Waals surface area contributed by atoms with Crippen molar-refractivity contribution >= 4 is 16.3 Å². The number of hydrogen-bond acceptors (Lipinski definition) is 5. The molecule has 1 unspecified atom stereocenters. The van der Waals surface area contributed by atoms with E-state index < -0.39 is 0 Å². The molecule has 0 aromatic carbocycles. The van der Waals surface area contributed by atoms with Gasteiger partial charge < -0.3 is 5.32 Å². The summed E-state index contributed by atoms with van der Waals surface area (Å²) in [6, 6.07) is 3.49. The van der Waals surface area contributed by atoms with E-state index in [1.807, 2.05) is 6.07 Å². The van der Waals surface area contributed by atoms with Crippen LogP contribution < -0.4 is 5.32 Å². The van der Waals surface area contributed by atoms with Crippen LogP contribution in [0.2, 0.25) is 0 Å². The van der Waals surface area contributed by atoms with Gasteiger partial charge in [-0.3, -0.25) is 15.0 Å². The van der Waals surface area contributed by atoms with Gasteiger partial charge in [-0.25, -0.2) is 0 Å². The second-order valence-corrected chi connectivity index (χ2v) is 6.18. The first-order valence-corrected chi connectivity index (χ1v) is 7.67. The van der Waals surface area contributed by atoms with Gasteiger partial charge in [0, 0.05) is 24.0 Å². The number of thiophene rings is 1. The number of nitrogens with one attached hydrogen (secondary N) is 1. The lowest BCUT2D eigenvalue weighted by molar-refractivity contribution is -0.380. The van der Waals surface area contributed by atoms with Gasteiger partial charge in [0.25, 0.3) is 0 Å². The van der Waals surface area contributed by atoms with E-state index in [9.17, 15) is 10.1 Å². The molecular weight excluding hydrogens is 262 g/mol. The van der Waals surface area contributed by atoms with Crippen molar-refractivity contribution in [1.82, 2.24) is 10.2 Å². The number of piperidine rings is 1. The molecule has 1 aromatic heterocycles. The molecule has 6 heteroatoms. The predicted octanol–water partition coefficient (Wildman–Crippen LogP) is 2.48. The Labute approximate surface area is 117 Å². The van der Waals surface area contributed by atoms with Gasteiger partial charge in [-0.15, -0.1) is 0 Å². The van der Waals surface area contributed by atoms with Crippen molar-refractivity contribution in [1.29, 1.82) is 0 Å². The molecule has 0 aliphatic carbocycles. The molecular formula is C13H21N3O2S. The van der Waals surface area contributed by atoms with E-state index in [1.165, 1.54) is 24.2 Å². The number of hydrogen-bond donors (Lipinski definition) is 1. The molecule has 1 atom stereocenters. The fourth-order valence-electron chi connectivity index (χ4n) is 2.52. The Balaban J connectivity index is 1.88. The van der Waals surface area contributed by atoms with Crippen molar-refractivity contribution in [3.05, 3.63) is 27.1 Å². The smallest absolute Gasteiger partial charge is 0.316 e. The third kappa shape index (κ3) is 4.26. The van der Waals surface area contributed by atoms with Crippen LogP contribution in [-0.2, 0) is 6.54 Å². The van der Waals surface area contributed by atoms with Gasteiger partial charge in [-0.05, 0) is 44.5 Å². The molecule has 106 valence electrons. The minimum absolute atomic E-state index is 0.241. The summed E-state index contributed by atoms with van der Waals surface area (Å²) in [5.41, 5.74) is 0. The Kier molecular flexibility index (Phi) is 5.30. The van der Waals surface area contributed by atoms with Gasteiger partial charge in [-0.2, -0.15) is 0 Å². The van der Waals surface area contributed by atoms with Crippen LogP contribution in [0.3, 0.4) is 0 Å². The highest BCUT2D eigenvalue weighted by molar-refractivity contribution is 7.15. The lowest BCUT2D eigenvalue weighted by Crippen LogP contribution is -2.37. The molecule has 0 radical (unpaired) electrons. The van der Waals surface area contributed by atoms with Crippen molar-refractivity contribution in [2.75, 3.05) is 26.2 Å². The van der Waals surface area contributed by atoms with Crippen molar-refractivity contribution in [2.45, 2.75) is 26.3 Å². The van der Waals surface area contributed by atoms with Crippen LogP contribution in [0.5, 0.6) is 0 Å². The van der Waals surface area contributed by atoms with E-state index in [4.69, 9.17) is 0 Å². The molecule has 2 heterocycles. The monoisotopic (exact) mass is 283 g/mol. The zero-order chi connectivity index (χ0) is 13.7. The summed E-state index contributed by atoms with van der Waals surface area (Å²) in [5, 5.41) is 14.4. The van der Waals surface area contributed by atoms with Gasteiger partial charge in [0.2, 0.25) is 0 Å². The molecule has 0 saturated carbocycles. The van der Waals surface area contributed by atoms with Crippen LogP contribution in [0.4, 0.5) is 5.00 Å². The minimum atomic E-state index is -0.310. The first kappa shape index (κ1) is 14.4. The van der Waals surface area contributed by atoms with E-state index in [-0.39, 0.29) is 9.92 Å². The highest BCUT2D eigenvalue weighted by Crippen LogP contribution is 2.25. The number of nitro groups is 1. The van der Waals surface area contributed by atoms with Gasteiger partial charge in [0.15, 0.2) is 0 Å². The van der Waals surface area contributed by atoms with Gasteiger partial charge in [0.05, 0.1) is 4.92 Å². The summed E-state index contributed by atoms with van der Waals surface area (Å²) in [4.78, 5) is 13.8. The van der Waals surface area contributed by atoms with Gasteiger partial charge in [-0.1, -0.05) is 18.3 Å². The summed E-state index contributed by atoms with van der Waals surface area (Å²) < 4.78 is 0. The Morgan fingerprint density at radius 1 is 1.58 bits per heavy atom. The molecule has 5 nitrogen and oxygen atoms in total. The average Bonchev–Trinajstić information content (AvgIpc) is 2.88. The lowest BCUT2D eigenvalue weighted by Gasteiger charge is -2.29. The molecule has 1 aliphatic heterocycles. The van der Waals surface area contributed by atoms with E-state index in [0.29, 0.717) is 5.92 Å². The average molecular weight is 283 g/mol. The Bertz CT molecular complexity index is 416. The predicted molar refractivity (Wildman–Crippen MR) is 77.5 cm³/mol. The van der Waals surface area contributed by atoms with E-state index in [0.717, 1.165) is 37.6 Å². The normalized spacial score (nSPS) is 19.8. The maximum Gasteiger partial charge on any atom is 0.324 e. The van der Waals surface area contributed by atoms with Crippen LogP contribution in [0, 0.1) is 16.0 Å². The molecule has 1 N–H and O–H groups in total. The molecule has 1 saturated heterocycles. The van der Waals surface area contributed by atoms with E-state index in [2.05, 4.69) is 17.1 Å². The summed E-state index contributed by atoms with van der Waals surface area (Å²) in [6.45, 7) is 7.28. The largest absolute Gasteiger partial charge is 0.324 e. The maximum absolute atomic E-state index is 10.7. The SMILES string of the molecule is CCN(Cc1ccc([N+](=O)[O-])s1)CC1CCCNC1. The number of nitrogens with zero attached hydrogens (tertiary/aromatic N) is 2. The Hall–Kier alpha value is -0.980. The molecule has 0 amide bonds. The molecule has 19 heavy (non-hydrogen) atoms. The first-order chi connectivity index (χ1) is 9.19. The van der Waals surface area contributed by atoms with E-state index in [1.54, 1.807) is 6.07 Å². The standard InChI is InChI=1S/C13H21N3O2S/c1-2-15(9-11-4-3-7-14-8-11)10-12-5-6-13(19-12)16(17)18/h5-6,11,14H,2-4,7-10H2,1H3. The first-order valence-electron chi connectivity index (χ1n) is 6.85. The molecule has 2 rings (SSSR count). The van der Waals surface area contributed by atoms with Crippen molar-refractivity contribution in [2.24, 2.45) is 5.92 Å². The van der Waals surface area contributed by atoms with Gasteiger partial charge in [0.1, 0.15) is 0 Å². The summed E-state index contributed by atoms with van der Waals surface area (Å²) in [7, 11) is 0. The van der Waals surface area contributed by atoms with Crippen LogP contribution in [0.1, 0.15) is 24.6 Å². The highest BCUT2D eigenvalue weighted by Gasteiger charge is 2.17. The minimum Gasteiger partial charge on any atom is -0.316 e. The third-order valence-electron chi connectivity index (χ3n) is 3.57. The Morgan fingerprint density at radius 2 is 2.42 bits per heavy atom.